The average molecular weight is 326 g/mol. The van der Waals surface area contributed by atoms with Crippen LogP contribution in [0.1, 0.15) is 59.5 Å². The predicted molar refractivity (Wildman–Crippen MR) is 89.3 cm³/mol. The Morgan fingerprint density at radius 2 is 2.17 bits per heavy atom. The summed E-state index contributed by atoms with van der Waals surface area (Å²) < 4.78 is 11.4. The molecule has 0 unspecified atom stereocenters. The fraction of sp³-hybridized carbons (Fsp3) is 0.474. The molecule has 5 nitrogen and oxygen atoms in total. The minimum absolute atomic E-state index is 0.0584. The van der Waals surface area contributed by atoms with Gasteiger partial charge in [0.05, 0.1) is 13.2 Å². The van der Waals surface area contributed by atoms with Crippen molar-refractivity contribution in [2.45, 2.75) is 45.6 Å². The van der Waals surface area contributed by atoms with Crippen LogP contribution in [0, 0.1) is 0 Å². The summed E-state index contributed by atoms with van der Waals surface area (Å²) in [4.78, 5) is 19.3. The Labute approximate surface area is 141 Å². The quantitative estimate of drug-likeness (QED) is 0.849. The summed E-state index contributed by atoms with van der Waals surface area (Å²) in [5.41, 5.74) is 2.77. The van der Waals surface area contributed by atoms with E-state index in [1.54, 1.807) is 0 Å². The van der Waals surface area contributed by atoms with Crippen LogP contribution in [0.3, 0.4) is 0 Å². The average Bonchev–Trinajstić information content (AvgIpc) is 3.04. The van der Waals surface area contributed by atoms with E-state index in [9.17, 15) is 4.79 Å². The van der Waals surface area contributed by atoms with E-state index in [1.807, 2.05) is 23.1 Å². The molecule has 126 valence electrons. The number of hydrogen-bond acceptors (Lipinski definition) is 4. The lowest BCUT2D eigenvalue weighted by Crippen LogP contribution is -2.35. The molecule has 1 aromatic carbocycles. The van der Waals surface area contributed by atoms with E-state index in [0.717, 1.165) is 60.1 Å². The van der Waals surface area contributed by atoms with Crippen LogP contribution in [-0.4, -0.2) is 28.9 Å². The van der Waals surface area contributed by atoms with Gasteiger partial charge in [0.25, 0.3) is 5.91 Å². The number of carbonyl (C=O) groups is 1. The molecule has 24 heavy (non-hydrogen) atoms. The van der Waals surface area contributed by atoms with Crippen LogP contribution in [0.5, 0.6) is 5.75 Å². The number of oxazole rings is 1. The Morgan fingerprint density at radius 1 is 1.29 bits per heavy atom. The molecule has 0 fully saturated rings. The van der Waals surface area contributed by atoms with Gasteiger partial charge in [-0.3, -0.25) is 4.79 Å². The number of benzene rings is 1. The lowest BCUT2D eigenvalue weighted by atomic mass is 10.0. The molecule has 1 aromatic heterocycles. The van der Waals surface area contributed by atoms with Gasteiger partial charge in [-0.2, -0.15) is 0 Å². The van der Waals surface area contributed by atoms with E-state index < -0.39 is 0 Å². The van der Waals surface area contributed by atoms with Crippen LogP contribution in [0.15, 0.2) is 22.6 Å². The van der Waals surface area contributed by atoms with Crippen molar-refractivity contribution in [1.29, 1.82) is 0 Å². The molecule has 0 bridgehead atoms. The van der Waals surface area contributed by atoms with Gasteiger partial charge in [0.2, 0.25) is 0 Å². The van der Waals surface area contributed by atoms with Crippen molar-refractivity contribution >= 4 is 5.91 Å². The first-order chi connectivity index (χ1) is 11.6. The number of hydrogen-bond donors (Lipinski definition) is 0. The molecular formula is C19H22N2O3. The molecule has 5 heteroatoms. The van der Waals surface area contributed by atoms with Gasteiger partial charge < -0.3 is 14.1 Å². The molecule has 0 atom stereocenters. The monoisotopic (exact) mass is 326 g/mol. The number of aryl methyl sites for hydroxylation is 1. The highest BCUT2D eigenvalue weighted by Gasteiger charge is 2.27. The van der Waals surface area contributed by atoms with Crippen molar-refractivity contribution in [3.8, 4) is 5.75 Å². The third kappa shape index (κ3) is 2.68. The van der Waals surface area contributed by atoms with Gasteiger partial charge in [-0.25, -0.2) is 4.98 Å². The Balaban J connectivity index is 1.55. The van der Waals surface area contributed by atoms with E-state index in [2.05, 4.69) is 18.8 Å². The van der Waals surface area contributed by atoms with E-state index >= 15 is 0 Å². The third-order valence-electron chi connectivity index (χ3n) is 4.68. The molecular weight excluding hydrogens is 304 g/mol. The first kappa shape index (κ1) is 15.2. The first-order valence-corrected chi connectivity index (χ1v) is 8.65. The second-order valence-corrected chi connectivity index (χ2v) is 6.83. The van der Waals surface area contributed by atoms with Crippen molar-refractivity contribution in [3.63, 3.8) is 0 Å². The number of amides is 1. The molecule has 1 amide bonds. The van der Waals surface area contributed by atoms with E-state index in [1.165, 1.54) is 0 Å². The molecule has 3 heterocycles. The fourth-order valence-corrected chi connectivity index (χ4v) is 3.31. The van der Waals surface area contributed by atoms with Gasteiger partial charge in [-0.15, -0.1) is 0 Å². The number of fused-ring (bicyclic) bond motifs is 2. The highest BCUT2D eigenvalue weighted by atomic mass is 16.5. The van der Waals surface area contributed by atoms with Gasteiger partial charge >= 0.3 is 0 Å². The minimum Gasteiger partial charge on any atom is -0.493 e. The standard InChI is InChI=1S/C19H22N2O3/c1-12(2)18-20-15-11-21(8-7-17(15)24-18)19(22)14-5-6-16-13(10-14)4-3-9-23-16/h5-6,10,12H,3-4,7-9,11H2,1-2H3. The first-order valence-electron chi connectivity index (χ1n) is 8.65. The highest BCUT2D eigenvalue weighted by Crippen LogP contribution is 2.28. The third-order valence-corrected chi connectivity index (χ3v) is 4.68. The van der Waals surface area contributed by atoms with Gasteiger partial charge in [-0.05, 0) is 36.6 Å². The van der Waals surface area contributed by atoms with E-state index in [0.29, 0.717) is 13.1 Å². The summed E-state index contributed by atoms with van der Waals surface area (Å²) in [6, 6.07) is 5.77. The number of rotatable bonds is 2. The molecule has 2 aromatic rings. The van der Waals surface area contributed by atoms with E-state index in [4.69, 9.17) is 9.15 Å². The molecule has 0 spiro atoms. The van der Waals surface area contributed by atoms with Crippen LogP contribution < -0.4 is 4.74 Å². The van der Waals surface area contributed by atoms with Crippen LogP contribution >= 0.6 is 0 Å². The fourth-order valence-electron chi connectivity index (χ4n) is 3.31. The summed E-state index contributed by atoms with van der Waals surface area (Å²) in [6.07, 6.45) is 2.71. The zero-order valence-corrected chi connectivity index (χ0v) is 14.2. The van der Waals surface area contributed by atoms with Crippen molar-refractivity contribution in [3.05, 3.63) is 46.7 Å². The number of aromatic nitrogens is 1. The maximum Gasteiger partial charge on any atom is 0.254 e. The van der Waals surface area contributed by atoms with Gasteiger partial charge in [0, 0.05) is 24.4 Å². The number of carbonyl (C=O) groups excluding carboxylic acids is 1. The van der Waals surface area contributed by atoms with Crippen molar-refractivity contribution in [2.75, 3.05) is 13.2 Å². The van der Waals surface area contributed by atoms with Crippen LogP contribution in [-0.2, 0) is 19.4 Å². The lowest BCUT2D eigenvalue weighted by molar-refractivity contribution is 0.0727. The normalized spacial score (nSPS) is 16.5. The SMILES string of the molecule is CC(C)c1nc2c(o1)CCN(C(=O)c1ccc3c(c1)CCCO3)C2. The second-order valence-electron chi connectivity index (χ2n) is 6.83. The zero-order chi connectivity index (χ0) is 16.7. The number of nitrogens with zero attached hydrogens (tertiary/aromatic N) is 2. The molecule has 2 aliphatic rings. The number of ether oxygens (including phenoxy) is 1. The Bertz CT molecular complexity index is 779. The van der Waals surface area contributed by atoms with Gasteiger partial charge in [0.15, 0.2) is 5.89 Å². The summed E-state index contributed by atoms with van der Waals surface area (Å²) in [7, 11) is 0. The van der Waals surface area contributed by atoms with Crippen molar-refractivity contribution in [2.24, 2.45) is 0 Å². The smallest absolute Gasteiger partial charge is 0.254 e. The van der Waals surface area contributed by atoms with Crippen LogP contribution in [0.2, 0.25) is 0 Å². The topological polar surface area (TPSA) is 55.6 Å². The maximum absolute atomic E-state index is 12.9. The summed E-state index contributed by atoms with van der Waals surface area (Å²) in [5, 5.41) is 0. The summed E-state index contributed by atoms with van der Waals surface area (Å²) >= 11 is 0. The van der Waals surface area contributed by atoms with Gasteiger partial charge in [0.1, 0.15) is 17.2 Å². The van der Waals surface area contributed by atoms with Crippen molar-refractivity contribution in [1.82, 2.24) is 9.88 Å². The predicted octanol–water partition coefficient (Wildman–Crippen LogP) is 3.32. The summed E-state index contributed by atoms with van der Waals surface area (Å²) in [6.45, 7) is 6.09. The van der Waals surface area contributed by atoms with Crippen LogP contribution in [0.25, 0.3) is 0 Å². The molecule has 0 radical (unpaired) electrons. The molecule has 0 N–H and O–H groups in total. The Hall–Kier alpha value is -2.30. The lowest BCUT2D eigenvalue weighted by Gasteiger charge is -2.26. The summed E-state index contributed by atoms with van der Waals surface area (Å²) in [5.74, 6) is 2.93. The van der Waals surface area contributed by atoms with Gasteiger partial charge in [-0.1, -0.05) is 13.8 Å². The minimum atomic E-state index is 0.0584. The maximum atomic E-state index is 12.9. The zero-order valence-electron chi connectivity index (χ0n) is 14.2. The van der Waals surface area contributed by atoms with E-state index in [-0.39, 0.29) is 11.8 Å². The largest absolute Gasteiger partial charge is 0.493 e. The molecule has 0 aliphatic carbocycles. The van der Waals surface area contributed by atoms with Crippen molar-refractivity contribution < 1.29 is 13.9 Å². The molecule has 2 aliphatic heterocycles. The molecule has 4 rings (SSSR count). The highest BCUT2D eigenvalue weighted by molar-refractivity contribution is 5.94. The molecule has 0 saturated carbocycles. The van der Waals surface area contributed by atoms with Crippen LogP contribution in [0.4, 0.5) is 0 Å². The second kappa shape index (κ2) is 5.96. The Kier molecular flexibility index (Phi) is 3.79. The molecule has 0 saturated heterocycles. The Morgan fingerprint density at radius 3 is 3.00 bits per heavy atom.